The van der Waals surface area contributed by atoms with Crippen molar-refractivity contribution in [1.29, 1.82) is 0 Å². The maximum atomic E-state index is 14.1. The third-order valence-corrected chi connectivity index (χ3v) is 9.80. The first-order valence-corrected chi connectivity index (χ1v) is 21.5. The summed E-state index contributed by atoms with van der Waals surface area (Å²) in [5, 5.41) is 47.2. The van der Waals surface area contributed by atoms with Gasteiger partial charge in [0.05, 0.1) is 58.2 Å². The van der Waals surface area contributed by atoms with Gasteiger partial charge in [0.15, 0.2) is 5.96 Å². The first-order valence-electron chi connectivity index (χ1n) is 21.5. The topological polar surface area (TPSA) is 341 Å². The zero-order chi connectivity index (χ0) is 50.2. The van der Waals surface area contributed by atoms with Gasteiger partial charge in [-0.1, -0.05) is 55.5 Å². The van der Waals surface area contributed by atoms with Gasteiger partial charge < -0.3 is 66.9 Å². The molecule has 25 heteroatoms. The van der Waals surface area contributed by atoms with Crippen LogP contribution in [0, 0.1) is 5.92 Å². The molecule has 1 aromatic carbocycles. The van der Waals surface area contributed by atoms with E-state index in [0.717, 1.165) is 20.3 Å². The highest BCUT2D eigenvalue weighted by molar-refractivity contribution is 6.58. The average Bonchev–Trinajstić information content (AvgIpc) is 3.70. The summed E-state index contributed by atoms with van der Waals surface area (Å²) in [6, 6.07) is 6.49. The quantitative estimate of drug-likeness (QED) is 0.0123. The number of nitrogens with two attached hydrogens (primary N) is 3. The maximum absolute atomic E-state index is 14.1. The Morgan fingerprint density at radius 3 is 1.78 bits per heavy atom. The van der Waals surface area contributed by atoms with Gasteiger partial charge in [-0.3, -0.25) is 38.6 Å². The second kappa shape index (κ2) is 29.1. The van der Waals surface area contributed by atoms with E-state index in [4.69, 9.17) is 17.2 Å². The highest BCUT2D eigenvalue weighted by atomic mass is 16.4. The lowest BCUT2D eigenvalue weighted by atomic mass is 9.80. The second-order valence-electron chi connectivity index (χ2n) is 16.1. The molecular weight excluding hydrogens is 873 g/mol. The number of nitrogens with zero attached hydrogens (tertiary/aromatic N) is 10. The van der Waals surface area contributed by atoms with Gasteiger partial charge in [0.1, 0.15) is 18.8 Å². The molecule has 0 aliphatic rings. The summed E-state index contributed by atoms with van der Waals surface area (Å²) in [7, 11) is -1.62. The molecule has 0 saturated carbocycles. The van der Waals surface area contributed by atoms with E-state index in [9.17, 15) is 53.8 Å². The number of amides is 7. The first-order chi connectivity index (χ1) is 31.7. The Balaban J connectivity index is 2.35. The predicted octanol–water partition coefficient (Wildman–Crippen LogP) is -4.58. The number of primary amides is 1. The summed E-state index contributed by atoms with van der Waals surface area (Å²) in [6.07, 6.45) is 3.57. The SMILES string of the molecule is C=CCN(CC(N)=O)C(=O)CN(CC=C)C(=O)CN(CC(C)C)C(=O)CN(CC(O)CO)C(=O)CN(CCCCN=C(N)N)C(=O)CN(Cc1cn(Cc2ccc(B(O)O)cc2)nn1)C(C)=O. The van der Waals surface area contributed by atoms with Crippen LogP contribution in [0.2, 0.25) is 0 Å². The lowest BCUT2D eigenvalue weighted by Crippen LogP contribution is -2.53. The number of rotatable bonds is 31. The van der Waals surface area contributed by atoms with Crippen LogP contribution in [0.15, 0.2) is 60.8 Å². The fraction of sp³-hybridized carbons (Fsp3) is 0.524. The fourth-order valence-corrected chi connectivity index (χ4v) is 6.45. The molecule has 1 aromatic heterocycles. The van der Waals surface area contributed by atoms with Crippen LogP contribution in [0.4, 0.5) is 0 Å². The van der Waals surface area contributed by atoms with Crippen molar-refractivity contribution in [3.05, 3.63) is 67.0 Å². The van der Waals surface area contributed by atoms with E-state index in [1.807, 2.05) is 0 Å². The Hall–Kier alpha value is -6.70. The van der Waals surface area contributed by atoms with Crippen molar-refractivity contribution in [3.63, 3.8) is 0 Å². The second-order valence-corrected chi connectivity index (χ2v) is 16.1. The first kappa shape index (κ1) is 56.4. The largest absolute Gasteiger partial charge is 0.488 e. The lowest BCUT2D eigenvalue weighted by Gasteiger charge is -2.33. The van der Waals surface area contributed by atoms with Crippen LogP contribution < -0.4 is 22.7 Å². The van der Waals surface area contributed by atoms with Gasteiger partial charge in [-0.2, -0.15) is 0 Å². The molecule has 24 nitrogen and oxygen atoms in total. The number of carbonyl (C=O) groups excluding carboxylic acids is 7. The molecule has 0 aliphatic carbocycles. The maximum Gasteiger partial charge on any atom is 0.488 e. The van der Waals surface area contributed by atoms with E-state index in [1.54, 1.807) is 44.3 Å². The molecule has 2 aromatic rings. The minimum Gasteiger partial charge on any atom is -0.423 e. The number of aliphatic hydroxyl groups excluding tert-OH is 2. The van der Waals surface area contributed by atoms with Crippen LogP contribution in [-0.4, -0.2) is 210 Å². The number of benzene rings is 1. The van der Waals surface area contributed by atoms with E-state index in [-0.39, 0.29) is 57.7 Å². The van der Waals surface area contributed by atoms with Gasteiger partial charge in [-0.15, -0.1) is 18.3 Å². The van der Waals surface area contributed by atoms with Gasteiger partial charge in [0.25, 0.3) is 0 Å². The minimum absolute atomic E-state index is 0.0154. The molecule has 1 unspecified atom stereocenters. The molecule has 0 fully saturated rings. The van der Waals surface area contributed by atoms with Crippen LogP contribution in [-0.2, 0) is 46.7 Å². The average molecular weight is 940 g/mol. The Kier molecular flexibility index (Phi) is 24.5. The number of aliphatic hydroxyl groups is 2. The van der Waals surface area contributed by atoms with Crippen molar-refractivity contribution in [2.75, 3.05) is 85.1 Å². The number of aliphatic imine (C=N–C) groups is 1. The summed E-state index contributed by atoms with van der Waals surface area (Å²) in [5.74, 6) is -5.02. The van der Waals surface area contributed by atoms with E-state index < -0.39 is 107 Å². The van der Waals surface area contributed by atoms with E-state index in [0.29, 0.717) is 24.0 Å². The summed E-state index contributed by atoms with van der Waals surface area (Å²) in [6.45, 7) is 7.81. The molecule has 0 bridgehead atoms. The van der Waals surface area contributed by atoms with Gasteiger partial charge >= 0.3 is 7.12 Å². The minimum atomic E-state index is -1.62. The van der Waals surface area contributed by atoms with Crippen LogP contribution in [0.1, 0.15) is 44.9 Å². The fourth-order valence-electron chi connectivity index (χ4n) is 6.45. The molecular formula is C42H66BN13O11. The van der Waals surface area contributed by atoms with Crippen molar-refractivity contribution in [1.82, 2.24) is 44.4 Å². The molecule has 7 amide bonds. The van der Waals surface area contributed by atoms with Gasteiger partial charge in [-0.25, -0.2) is 4.68 Å². The number of aromatic nitrogens is 3. The van der Waals surface area contributed by atoms with Crippen LogP contribution in [0.25, 0.3) is 0 Å². The van der Waals surface area contributed by atoms with Gasteiger partial charge in [-0.05, 0) is 29.8 Å². The normalized spacial score (nSPS) is 11.2. The molecule has 2 rings (SSSR count). The van der Waals surface area contributed by atoms with Crippen LogP contribution >= 0.6 is 0 Å². The smallest absolute Gasteiger partial charge is 0.423 e. The molecule has 0 radical (unpaired) electrons. The van der Waals surface area contributed by atoms with Crippen molar-refractivity contribution >= 4 is 59.9 Å². The molecule has 368 valence electrons. The van der Waals surface area contributed by atoms with E-state index in [1.165, 1.54) is 38.5 Å². The Morgan fingerprint density at radius 2 is 1.27 bits per heavy atom. The van der Waals surface area contributed by atoms with Gasteiger partial charge in [0.2, 0.25) is 41.4 Å². The molecule has 0 saturated heterocycles. The standard InChI is InChI=1S/C42H66BN13O11/c1-6-15-50(23-36(44)60)37(61)24-51(16-7-2)39(63)27-54(18-30(3)4)41(65)28-55(22-35(59)29-57)40(64)25-52(17-9-8-14-47-42(45)46)38(62)26-53(31(5)58)20-34-21-56(49-48-34)19-32-10-12-33(13-11-32)43(66)67/h6-7,10-13,21,30,35,57,59,66-67H,1-2,8-9,14-20,22-29H2,3-5H3,(H2,44,60)(H4,45,46,47). The third kappa shape index (κ3) is 21.0. The molecule has 0 spiro atoms. The van der Waals surface area contributed by atoms with Crippen molar-refractivity contribution in [3.8, 4) is 0 Å². The number of hydrogen-bond acceptors (Lipinski definition) is 14. The van der Waals surface area contributed by atoms with Crippen LogP contribution in [0.3, 0.4) is 0 Å². The van der Waals surface area contributed by atoms with Crippen LogP contribution in [0.5, 0.6) is 0 Å². The monoisotopic (exact) mass is 940 g/mol. The summed E-state index contributed by atoms with van der Waals surface area (Å²) in [4.78, 5) is 104. The van der Waals surface area contributed by atoms with Crippen molar-refractivity contribution in [2.45, 2.75) is 52.8 Å². The molecule has 67 heavy (non-hydrogen) atoms. The Labute approximate surface area is 390 Å². The number of guanidine groups is 1. The zero-order valence-corrected chi connectivity index (χ0v) is 38.6. The van der Waals surface area contributed by atoms with Gasteiger partial charge in [0, 0.05) is 46.2 Å². The Morgan fingerprint density at radius 1 is 0.761 bits per heavy atom. The van der Waals surface area contributed by atoms with Crippen molar-refractivity contribution < 1.29 is 53.8 Å². The molecule has 0 aliphatic heterocycles. The summed E-state index contributed by atoms with van der Waals surface area (Å²) >= 11 is 0. The predicted molar refractivity (Wildman–Crippen MR) is 247 cm³/mol. The number of unbranched alkanes of at least 4 members (excludes halogenated alkanes) is 1. The van der Waals surface area contributed by atoms with E-state index >= 15 is 0 Å². The third-order valence-electron chi connectivity index (χ3n) is 9.80. The molecule has 10 N–H and O–H groups in total. The zero-order valence-electron chi connectivity index (χ0n) is 38.6. The molecule has 1 atom stereocenters. The van der Waals surface area contributed by atoms with Crippen molar-refractivity contribution in [2.24, 2.45) is 28.1 Å². The summed E-state index contributed by atoms with van der Waals surface area (Å²) in [5.41, 5.74) is 17.6. The number of hydrogen-bond donors (Lipinski definition) is 7. The summed E-state index contributed by atoms with van der Waals surface area (Å²) < 4.78 is 1.50. The van der Waals surface area contributed by atoms with E-state index in [2.05, 4.69) is 28.5 Å². The Bertz CT molecular complexity index is 2010. The number of carbonyl (C=O) groups is 7. The molecule has 1 heterocycles. The highest BCUT2D eigenvalue weighted by Crippen LogP contribution is 2.10. The lowest BCUT2D eigenvalue weighted by molar-refractivity contribution is -0.148. The highest BCUT2D eigenvalue weighted by Gasteiger charge is 2.30.